The number of nitrogens with zero attached hydrogens (tertiary/aromatic N) is 3. The maximum Gasteiger partial charge on any atom is 0.165 e. The predicted octanol–water partition coefficient (Wildman–Crippen LogP) is 8.77. The lowest BCUT2D eigenvalue weighted by Crippen LogP contribution is -2.06. The molecule has 1 aliphatic carbocycles. The Labute approximate surface area is 214 Å². The van der Waals surface area contributed by atoms with E-state index in [1.165, 1.54) is 37.8 Å². The second-order valence-electron chi connectivity index (χ2n) is 9.72. The third kappa shape index (κ3) is 3.01. The summed E-state index contributed by atoms with van der Waals surface area (Å²) in [6, 6.07) is 34.5. The van der Waals surface area contributed by atoms with Gasteiger partial charge in [0.1, 0.15) is 5.69 Å². The highest BCUT2D eigenvalue weighted by atomic mass is 15.1. The molecule has 0 saturated heterocycles. The van der Waals surface area contributed by atoms with Gasteiger partial charge in [-0.05, 0) is 52.8 Å². The van der Waals surface area contributed by atoms with Crippen LogP contribution in [0.2, 0.25) is 0 Å². The molecule has 174 valence electrons. The molecule has 3 heteroatoms. The second kappa shape index (κ2) is 7.87. The Hall–Kier alpha value is -4.76. The van der Waals surface area contributed by atoms with Crippen molar-refractivity contribution in [1.29, 1.82) is 0 Å². The Morgan fingerprint density at radius 2 is 1.30 bits per heavy atom. The molecule has 7 aromatic rings. The van der Waals surface area contributed by atoms with Crippen LogP contribution in [0.5, 0.6) is 0 Å². The first-order valence-electron chi connectivity index (χ1n) is 12.8. The van der Waals surface area contributed by atoms with Crippen molar-refractivity contribution < 1.29 is 0 Å². The molecule has 0 bridgehead atoms. The van der Waals surface area contributed by atoms with Crippen LogP contribution in [0, 0.1) is 0 Å². The van der Waals surface area contributed by atoms with Crippen LogP contribution in [-0.2, 0) is 0 Å². The summed E-state index contributed by atoms with van der Waals surface area (Å²) in [7, 11) is 0. The van der Waals surface area contributed by atoms with Crippen molar-refractivity contribution in [3.63, 3.8) is 0 Å². The molecule has 5 aromatic carbocycles. The number of aromatic nitrogens is 3. The largest absolute Gasteiger partial charge is 0.291 e. The zero-order valence-electron chi connectivity index (χ0n) is 20.2. The standard InChI is InChI=1S/C34H23N3/c1-2-12-24(13-3-1)32-34(36-29-17-9-8-16-28(29)35-32)37-30-21-19-22-10-4-6-14-25(22)31(30)27-20-18-23-11-5-7-15-26(23)33(27)37/h2,4-21H,1,3H2. The average molecular weight is 474 g/mol. The van der Waals surface area contributed by atoms with E-state index in [4.69, 9.17) is 9.97 Å². The van der Waals surface area contributed by atoms with E-state index in [2.05, 4.69) is 108 Å². The van der Waals surface area contributed by atoms with Crippen molar-refractivity contribution in [3.8, 4) is 5.82 Å². The van der Waals surface area contributed by atoms with Crippen LogP contribution >= 0.6 is 0 Å². The monoisotopic (exact) mass is 473 g/mol. The maximum atomic E-state index is 5.31. The minimum Gasteiger partial charge on any atom is -0.291 e. The van der Waals surface area contributed by atoms with Gasteiger partial charge in [-0.2, -0.15) is 0 Å². The van der Waals surface area contributed by atoms with Crippen molar-refractivity contribution in [2.45, 2.75) is 12.8 Å². The maximum absolute atomic E-state index is 5.31. The average Bonchev–Trinajstić information content (AvgIpc) is 3.32. The fraction of sp³-hybridized carbons (Fsp3) is 0.0588. The zero-order valence-corrected chi connectivity index (χ0v) is 20.2. The molecule has 0 amide bonds. The third-order valence-corrected chi connectivity index (χ3v) is 7.57. The summed E-state index contributed by atoms with van der Waals surface area (Å²) in [5.74, 6) is 0.878. The first-order valence-corrected chi connectivity index (χ1v) is 12.8. The molecule has 2 aromatic heterocycles. The van der Waals surface area contributed by atoms with Crippen LogP contribution in [0.4, 0.5) is 0 Å². The Morgan fingerprint density at radius 3 is 2.11 bits per heavy atom. The molecular formula is C34H23N3. The predicted molar refractivity (Wildman–Crippen MR) is 155 cm³/mol. The van der Waals surface area contributed by atoms with Crippen molar-refractivity contribution in [2.24, 2.45) is 0 Å². The van der Waals surface area contributed by atoms with Crippen LogP contribution < -0.4 is 0 Å². The quantitative estimate of drug-likeness (QED) is 0.251. The van der Waals surface area contributed by atoms with Gasteiger partial charge >= 0.3 is 0 Å². The van der Waals surface area contributed by atoms with Crippen molar-refractivity contribution in [1.82, 2.24) is 14.5 Å². The minimum absolute atomic E-state index is 0.878. The van der Waals surface area contributed by atoms with E-state index in [0.29, 0.717) is 0 Å². The highest BCUT2D eigenvalue weighted by Gasteiger charge is 2.22. The number of rotatable bonds is 2. The van der Waals surface area contributed by atoms with E-state index in [-0.39, 0.29) is 0 Å². The van der Waals surface area contributed by atoms with Gasteiger partial charge < -0.3 is 0 Å². The molecule has 0 aliphatic heterocycles. The molecule has 2 heterocycles. The number of hydrogen-bond acceptors (Lipinski definition) is 2. The Balaban J connectivity index is 1.62. The van der Waals surface area contributed by atoms with E-state index >= 15 is 0 Å². The molecule has 8 rings (SSSR count). The van der Waals surface area contributed by atoms with Crippen LogP contribution in [0.25, 0.3) is 65.8 Å². The van der Waals surface area contributed by atoms with Gasteiger partial charge in [0.15, 0.2) is 5.82 Å². The number of hydrogen-bond donors (Lipinski definition) is 0. The summed E-state index contributed by atoms with van der Waals surface area (Å²) < 4.78 is 2.36. The molecule has 0 fully saturated rings. The van der Waals surface area contributed by atoms with Gasteiger partial charge in [0.05, 0.1) is 22.1 Å². The van der Waals surface area contributed by atoms with Crippen LogP contribution in [0.1, 0.15) is 18.5 Å². The lowest BCUT2D eigenvalue weighted by molar-refractivity contribution is 1.02. The number of benzene rings is 5. The molecule has 0 unspecified atom stereocenters. The highest BCUT2D eigenvalue weighted by Crippen LogP contribution is 2.41. The normalized spacial score (nSPS) is 13.8. The van der Waals surface area contributed by atoms with Gasteiger partial charge in [-0.25, -0.2) is 9.97 Å². The van der Waals surface area contributed by atoms with E-state index in [9.17, 15) is 0 Å². The fourth-order valence-electron chi connectivity index (χ4n) is 5.90. The Kier molecular flexibility index (Phi) is 4.35. The Morgan fingerprint density at radius 1 is 0.595 bits per heavy atom. The van der Waals surface area contributed by atoms with Gasteiger partial charge in [0.2, 0.25) is 0 Å². The fourth-order valence-corrected chi connectivity index (χ4v) is 5.90. The van der Waals surface area contributed by atoms with Gasteiger partial charge in [-0.1, -0.05) is 97.1 Å². The van der Waals surface area contributed by atoms with Gasteiger partial charge in [0.25, 0.3) is 0 Å². The molecule has 37 heavy (non-hydrogen) atoms. The highest BCUT2D eigenvalue weighted by molar-refractivity contribution is 6.26. The summed E-state index contributed by atoms with van der Waals surface area (Å²) in [6.45, 7) is 0. The molecule has 0 atom stereocenters. The number of allylic oxidation sites excluding steroid dienone is 4. The van der Waals surface area contributed by atoms with Crippen LogP contribution in [0.3, 0.4) is 0 Å². The van der Waals surface area contributed by atoms with Crippen molar-refractivity contribution in [3.05, 3.63) is 121 Å². The van der Waals surface area contributed by atoms with Crippen molar-refractivity contribution in [2.75, 3.05) is 0 Å². The van der Waals surface area contributed by atoms with E-state index in [0.717, 1.165) is 46.5 Å². The van der Waals surface area contributed by atoms with E-state index in [1.54, 1.807) is 0 Å². The van der Waals surface area contributed by atoms with Crippen molar-refractivity contribution >= 4 is 60.0 Å². The molecule has 0 N–H and O–H groups in total. The molecule has 0 saturated carbocycles. The molecule has 0 spiro atoms. The Bertz CT molecular complexity index is 2090. The SMILES string of the molecule is C1=CC(c2nc3ccccc3nc2-n2c3ccc4ccccc4c3c3ccc4ccccc4c32)=CCC1. The molecular weight excluding hydrogens is 450 g/mol. The second-order valence-corrected chi connectivity index (χ2v) is 9.72. The lowest BCUT2D eigenvalue weighted by atomic mass is 10.0. The van der Waals surface area contributed by atoms with E-state index < -0.39 is 0 Å². The molecule has 3 nitrogen and oxygen atoms in total. The van der Waals surface area contributed by atoms with Gasteiger partial charge in [-0.3, -0.25) is 4.57 Å². The third-order valence-electron chi connectivity index (χ3n) is 7.57. The van der Waals surface area contributed by atoms with Gasteiger partial charge in [0, 0.05) is 16.2 Å². The number of fused-ring (bicyclic) bond motifs is 8. The lowest BCUT2D eigenvalue weighted by Gasteiger charge is -2.16. The summed E-state index contributed by atoms with van der Waals surface area (Å²) >= 11 is 0. The summed E-state index contributed by atoms with van der Waals surface area (Å²) in [4.78, 5) is 10.5. The van der Waals surface area contributed by atoms with Gasteiger partial charge in [-0.15, -0.1) is 0 Å². The smallest absolute Gasteiger partial charge is 0.165 e. The number of para-hydroxylation sites is 2. The summed E-state index contributed by atoms with van der Waals surface area (Å²) in [5, 5.41) is 7.42. The first kappa shape index (κ1) is 20.4. The zero-order chi connectivity index (χ0) is 24.3. The molecule has 1 aliphatic rings. The molecule has 0 radical (unpaired) electrons. The minimum atomic E-state index is 0.878. The van der Waals surface area contributed by atoms with Crippen LogP contribution in [-0.4, -0.2) is 14.5 Å². The van der Waals surface area contributed by atoms with Crippen LogP contribution in [0.15, 0.2) is 115 Å². The van der Waals surface area contributed by atoms with E-state index in [1.807, 2.05) is 12.1 Å². The summed E-state index contributed by atoms with van der Waals surface area (Å²) in [6.07, 6.45) is 8.81. The first-order chi connectivity index (χ1) is 18.4. The topological polar surface area (TPSA) is 30.7 Å². The summed E-state index contributed by atoms with van der Waals surface area (Å²) in [5.41, 5.74) is 6.20.